The van der Waals surface area contributed by atoms with Gasteiger partial charge in [-0.25, -0.2) is 4.39 Å². The van der Waals surface area contributed by atoms with E-state index in [9.17, 15) is 9.50 Å². The average Bonchev–Trinajstić information content (AvgIpc) is 2.41. The van der Waals surface area contributed by atoms with Crippen LogP contribution in [0.4, 0.5) is 4.39 Å². The number of hydrogen-bond donors (Lipinski definition) is 1. The molecule has 2 nitrogen and oxygen atoms in total. The SMILES string of the molecule is C[C@H](O)c1cc(Cl)ccc1OCc1ccc(F)c(Cl)c1. The van der Waals surface area contributed by atoms with Gasteiger partial charge in [0.25, 0.3) is 0 Å². The molecule has 0 bridgehead atoms. The average molecular weight is 315 g/mol. The zero-order valence-corrected chi connectivity index (χ0v) is 12.2. The highest BCUT2D eigenvalue weighted by molar-refractivity contribution is 6.31. The maximum absolute atomic E-state index is 13.1. The lowest BCUT2D eigenvalue weighted by atomic mass is 10.1. The Kier molecular flexibility index (Phi) is 4.86. The Bertz CT molecular complexity index is 615. The summed E-state index contributed by atoms with van der Waals surface area (Å²) in [5.74, 6) is 0.0661. The summed E-state index contributed by atoms with van der Waals surface area (Å²) < 4.78 is 18.7. The van der Waals surface area contributed by atoms with Crippen LogP contribution < -0.4 is 4.74 Å². The van der Waals surface area contributed by atoms with Crippen LogP contribution in [0.25, 0.3) is 0 Å². The first kappa shape index (κ1) is 15.1. The second kappa shape index (κ2) is 6.44. The van der Waals surface area contributed by atoms with Crippen LogP contribution >= 0.6 is 23.2 Å². The molecule has 106 valence electrons. The third kappa shape index (κ3) is 3.63. The molecule has 0 radical (unpaired) electrons. The van der Waals surface area contributed by atoms with Crippen LogP contribution in [0.15, 0.2) is 36.4 Å². The lowest BCUT2D eigenvalue weighted by molar-refractivity contribution is 0.190. The highest BCUT2D eigenvalue weighted by Gasteiger charge is 2.10. The minimum Gasteiger partial charge on any atom is -0.489 e. The van der Waals surface area contributed by atoms with Gasteiger partial charge in [0.05, 0.1) is 11.1 Å². The number of aliphatic hydroxyl groups is 1. The molecular weight excluding hydrogens is 302 g/mol. The Morgan fingerprint density at radius 1 is 1.20 bits per heavy atom. The highest BCUT2D eigenvalue weighted by Crippen LogP contribution is 2.29. The maximum Gasteiger partial charge on any atom is 0.141 e. The number of aliphatic hydroxyl groups excluding tert-OH is 1. The van der Waals surface area contributed by atoms with Crippen molar-refractivity contribution in [2.45, 2.75) is 19.6 Å². The molecule has 0 amide bonds. The Morgan fingerprint density at radius 3 is 2.60 bits per heavy atom. The second-order valence-electron chi connectivity index (χ2n) is 4.40. The van der Waals surface area contributed by atoms with E-state index >= 15 is 0 Å². The van der Waals surface area contributed by atoms with Gasteiger partial charge in [-0.1, -0.05) is 29.3 Å². The van der Waals surface area contributed by atoms with Crippen molar-refractivity contribution in [3.05, 3.63) is 63.4 Å². The molecule has 0 fully saturated rings. The van der Waals surface area contributed by atoms with Crippen LogP contribution in [0.5, 0.6) is 5.75 Å². The van der Waals surface area contributed by atoms with Gasteiger partial charge in [-0.05, 0) is 42.8 Å². The molecule has 0 aliphatic carbocycles. The van der Waals surface area contributed by atoms with Crippen molar-refractivity contribution in [1.82, 2.24) is 0 Å². The van der Waals surface area contributed by atoms with Crippen molar-refractivity contribution in [2.75, 3.05) is 0 Å². The zero-order chi connectivity index (χ0) is 14.7. The first-order chi connectivity index (χ1) is 9.47. The number of halogens is 3. The lowest BCUT2D eigenvalue weighted by Crippen LogP contribution is -2.01. The minimum atomic E-state index is -0.694. The number of hydrogen-bond acceptors (Lipinski definition) is 2. The van der Waals surface area contributed by atoms with Crippen molar-refractivity contribution < 1.29 is 14.2 Å². The molecule has 1 atom stereocenters. The first-order valence-electron chi connectivity index (χ1n) is 6.01. The molecule has 0 aliphatic rings. The van der Waals surface area contributed by atoms with Crippen molar-refractivity contribution in [1.29, 1.82) is 0 Å². The van der Waals surface area contributed by atoms with Crippen LogP contribution in [0.1, 0.15) is 24.2 Å². The molecule has 0 saturated carbocycles. The Balaban J connectivity index is 2.16. The van der Waals surface area contributed by atoms with E-state index in [-0.39, 0.29) is 11.6 Å². The number of rotatable bonds is 4. The van der Waals surface area contributed by atoms with Gasteiger partial charge in [-0.15, -0.1) is 0 Å². The van der Waals surface area contributed by atoms with E-state index in [0.717, 1.165) is 5.56 Å². The third-order valence-electron chi connectivity index (χ3n) is 2.80. The summed E-state index contributed by atoms with van der Waals surface area (Å²) in [5, 5.41) is 10.3. The Morgan fingerprint density at radius 2 is 1.95 bits per heavy atom. The predicted octanol–water partition coefficient (Wildman–Crippen LogP) is 4.76. The molecule has 20 heavy (non-hydrogen) atoms. The fraction of sp³-hybridized carbons (Fsp3) is 0.200. The van der Waals surface area contributed by atoms with E-state index in [0.29, 0.717) is 16.3 Å². The molecule has 0 heterocycles. The quantitative estimate of drug-likeness (QED) is 0.881. The van der Waals surface area contributed by atoms with Crippen LogP contribution in [0.2, 0.25) is 10.0 Å². The summed E-state index contributed by atoms with van der Waals surface area (Å²) in [5.41, 5.74) is 1.34. The largest absolute Gasteiger partial charge is 0.489 e. The Hall–Kier alpha value is -1.29. The van der Waals surface area contributed by atoms with Gasteiger partial charge in [-0.3, -0.25) is 0 Å². The summed E-state index contributed by atoms with van der Waals surface area (Å²) in [4.78, 5) is 0. The maximum atomic E-state index is 13.1. The molecule has 0 aromatic heterocycles. The smallest absolute Gasteiger partial charge is 0.141 e. The predicted molar refractivity (Wildman–Crippen MR) is 77.8 cm³/mol. The molecular formula is C15H13Cl2FO2. The molecule has 0 saturated heterocycles. The van der Waals surface area contributed by atoms with Crippen molar-refractivity contribution in [3.8, 4) is 5.75 Å². The summed E-state index contributed by atoms with van der Waals surface area (Å²) in [6.45, 7) is 1.86. The topological polar surface area (TPSA) is 29.5 Å². The molecule has 0 aliphatic heterocycles. The highest BCUT2D eigenvalue weighted by atomic mass is 35.5. The first-order valence-corrected chi connectivity index (χ1v) is 6.77. The summed E-state index contributed by atoms with van der Waals surface area (Å²) >= 11 is 11.6. The van der Waals surface area contributed by atoms with Crippen molar-refractivity contribution in [2.24, 2.45) is 0 Å². The second-order valence-corrected chi connectivity index (χ2v) is 5.24. The van der Waals surface area contributed by atoms with Crippen molar-refractivity contribution in [3.63, 3.8) is 0 Å². The molecule has 0 spiro atoms. The molecule has 5 heteroatoms. The Labute approximate surface area is 126 Å². The van der Waals surface area contributed by atoms with Crippen molar-refractivity contribution >= 4 is 23.2 Å². The fourth-order valence-electron chi connectivity index (χ4n) is 1.77. The van der Waals surface area contributed by atoms with Gasteiger partial charge < -0.3 is 9.84 Å². The number of ether oxygens (including phenoxy) is 1. The van der Waals surface area contributed by atoms with Crippen LogP contribution in [-0.4, -0.2) is 5.11 Å². The molecule has 2 aromatic carbocycles. The standard InChI is InChI=1S/C15H13Cl2FO2/c1-9(19)12-7-11(16)3-5-15(12)20-8-10-2-4-14(18)13(17)6-10/h2-7,9,19H,8H2,1H3/t9-/m0/s1. The van der Waals surface area contributed by atoms with Crippen LogP contribution in [-0.2, 0) is 6.61 Å². The molecule has 0 unspecified atom stereocenters. The molecule has 2 aromatic rings. The normalized spacial score (nSPS) is 12.2. The van der Waals surface area contributed by atoms with E-state index in [1.54, 1.807) is 31.2 Å². The van der Waals surface area contributed by atoms with E-state index in [2.05, 4.69) is 0 Å². The van der Waals surface area contributed by atoms with E-state index in [1.165, 1.54) is 12.1 Å². The van der Waals surface area contributed by atoms with Gasteiger partial charge in [0, 0.05) is 10.6 Å². The van der Waals surface area contributed by atoms with Crippen LogP contribution in [0, 0.1) is 5.82 Å². The van der Waals surface area contributed by atoms with Gasteiger partial charge >= 0.3 is 0 Å². The third-order valence-corrected chi connectivity index (χ3v) is 3.33. The molecule has 1 N–H and O–H groups in total. The monoisotopic (exact) mass is 314 g/mol. The summed E-state index contributed by atoms with van der Waals surface area (Å²) in [6, 6.07) is 9.42. The van der Waals surface area contributed by atoms with Crippen LogP contribution in [0.3, 0.4) is 0 Å². The van der Waals surface area contributed by atoms with E-state index < -0.39 is 11.9 Å². The van der Waals surface area contributed by atoms with Gasteiger partial charge in [0.2, 0.25) is 0 Å². The lowest BCUT2D eigenvalue weighted by Gasteiger charge is -2.14. The van der Waals surface area contributed by atoms with Gasteiger partial charge in [0.1, 0.15) is 18.2 Å². The summed E-state index contributed by atoms with van der Waals surface area (Å²) in [6.07, 6.45) is -0.694. The number of benzene rings is 2. The zero-order valence-electron chi connectivity index (χ0n) is 10.7. The summed E-state index contributed by atoms with van der Waals surface area (Å²) in [7, 11) is 0. The van der Waals surface area contributed by atoms with Gasteiger partial charge in [0.15, 0.2) is 0 Å². The van der Waals surface area contributed by atoms with E-state index in [4.69, 9.17) is 27.9 Å². The molecule has 2 rings (SSSR count). The van der Waals surface area contributed by atoms with E-state index in [1.807, 2.05) is 0 Å². The van der Waals surface area contributed by atoms with Gasteiger partial charge in [-0.2, -0.15) is 0 Å². The minimum absolute atomic E-state index is 0.0537. The fourth-order valence-corrected chi connectivity index (χ4v) is 2.15.